The maximum Gasteiger partial charge on any atom is 0.242 e. The molecule has 0 amide bonds. The van der Waals surface area contributed by atoms with Crippen molar-refractivity contribution < 1.29 is 12.8 Å². The second-order valence-corrected chi connectivity index (χ2v) is 7.30. The van der Waals surface area contributed by atoms with Gasteiger partial charge in [0.25, 0.3) is 0 Å². The average molecular weight is 311 g/mol. The number of hydrogen-bond donors (Lipinski definition) is 1. The SMILES string of the molecule is CN(CC1CCCNC1)S(=O)(=O)c1ccc(F)c(C#N)c1. The number of benzene rings is 1. The van der Waals surface area contributed by atoms with Crippen LogP contribution in [0.1, 0.15) is 18.4 Å². The van der Waals surface area contributed by atoms with Gasteiger partial charge in [-0.25, -0.2) is 17.1 Å². The molecule has 5 nitrogen and oxygen atoms in total. The normalized spacial score (nSPS) is 19.4. The molecule has 1 atom stereocenters. The van der Waals surface area contributed by atoms with Gasteiger partial charge >= 0.3 is 0 Å². The number of hydrogen-bond acceptors (Lipinski definition) is 4. The van der Waals surface area contributed by atoms with E-state index in [2.05, 4.69) is 5.32 Å². The number of rotatable bonds is 4. The van der Waals surface area contributed by atoms with Crippen molar-refractivity contribution in [3.05, 3.63) is 29.6 Å². The minimum atomic E-state index is -3.70. The Balaban J connectivity index is 2.18. The summed E-state index contributed by atoms with van der Waals surface area (Å²) in [4.78, 5) is -0.0493. The van der Waals surface area contributed by atoms with Gasteiger partial charge in [-0.1, -0.05) is 0 Å². The Morgan fingerprint density at radius 2 is 2.29 bits per heavy atom. The van der Waals surface area contributed by atoms with Crippen molar-refractivity contribution in [2.24, 2.45) is 5.92 Å². The van der Waals surface area contributed by atoms with Crippen LogP contribution < -0.4 is 5.32 Å². The largest absolute Gasteiger partial charge is 0.316 e. The van der Waals surface area contributed by atoms with Crippen molar-refractivity contribution in [2.75, 3.05) is 26.7 Å². The van der Waals surface area contributed by atoms with Crippen molar-refractivity contribution in [1.29, 1.82) is 5.26 Å². The maximum atomic E-state index is 13.3. The van der Waals surface area contributed by atoms with Crippen molar-refractivity contribution in [1.82, 2.24) is 9.62 Å². The third kappa shape index (κ3) is 3.59. The Morgan fingerprint density at radius 1 is 1.52 bits per heavy atom. The van der Waals surface area contributed by atoms with Crippen molar-refractivity contribution >= 4 is 10.0 Å². The van der Waals surface area contributed by atoms with Gasteiger partial charge < -0.3 is 5.32 Å². The molecule has 2 rings (SSSR count). The summed E-state index contributed by atoms with van der Waals surface area (Å²) in [6.45, 7) is 2.18. The van der Waals surface area contributed by atoms with Crippen LogP contribution in [0.3, 0.4) is 0 Å². The van der Waals surface area contributed by atoms with Crippen LogP contribution >= 0.6 is 0 Å². The molecule has 0 aromatic heterocycles. The molecule has 0 saturated carbocycles. The van der Waals surface area contributed by atoms with Crippen LogP contribution in [0.25, 0.3) is 0 Å². The van der Waals surface area contributed by atoms with Crippen LogP contribution in [-0.4, -0.2) is 39.4 Å². The molecule has 0 radical (unpaired) electrons. The summed E-state index contributed by atoms with van der Waals surface area (Å²) in [7, 11) is -2.19. The lowest BCUT2D eigenvalue weighted by atomic mass is 10.00. The average Bonchev–Trinajstić information content (AvgIpc) is 2.48. The smallest absolute Gasteiger partial charge is 0.242 e. The lowest BCUT2D eigenvalue weighted by Gasteiger charge is -2.27. The molecular formula is C14H18FN3O2S. The number of piperidine rings is 1. The van der Waals surface area contributed by atoms with E-state index in [9.17, 15) is 12.8 Å². The lowest BCUT2D eigenvalue weighted by Crippen LogP contribution is -2.39. The monoisotopic (exact) mass is 311 g/mol. The van der Waals surface area contributed by atoms with Crippen LogP contribution in [-0.2, 0) is 10.0 Å². The van der Waals surface area contributed by atoms with E-state index in [0.29, 0.717) is 6.54 Å². The van der Waals surface area contributed by atoms with Gasteiger partial charge in [-0.2, -0.15) is 5.26 Å². The standard InChI is InChI=1S/C14H18FN3O2S/c1-18(10-11-3-2-6-17-9-11)21(19,20)13-4-5-14(15)12(7-13)8-16/h4-5,7,11,17H,2-3,6,9-10H2,1H3. The molecule has 1 heterocycles. The molecule has 1 unspecified atom stereocenters. The minimum absolute atomic E-state index is 0.0493. The van der Waals surface area contributed by atoms with Gasteiger partial charge in [0.15, 0.2) is 0 Å². The Bertz CT molecular complexity index is 649. The molecule has 1 aromatic rings. The molecule has 1 saturated heterocycles. The van der Waals surface area contributed by atoms with Gasteiger partial charge in [0.2, 0.25) is 10.0 Å². The third-order valence-electron chi connectivity index (χ3n) is 3.68. The van der Waals surface area contributed by atoms with E-state index in [0.717, 1.165) is 38.1 Å². The van der Waals surface area contributed by atoms with E-state index < -0.39 is 15.8 Å². The first-order valence-electron chi connectivity index (χ1n) is 6.82. The molecule has 114 valence electrons. The number of halogens is 1. The van der Waals surface area contributed by atoms with E-state index in [-0.39, 0.29) is 16.4 Å². The van der Waals surface area contributed by atoms with E-state index in [1.807, 2.05) is 0 Å². The number of nitriles is 1. The topological polar surface area (TPSA) is 73.2 Å². The molecule has 0 bridgehead atoms. The van der Waals surface area contributed by atoms with Crippen molar-refractivity contribution in [2.45, 2.75) is 17.7 Å². The van der Waals surface area contributed by atoms with Crippen molar-refractivity contribution in [3.8, 4) is 6.07 Å². The predicted molar refractivity (Wildman–Crippen MR) is 76.5 cm³/mol. The number of nitrogens with zero attached hydrogens (tertiary/aromatic N) is 2. The Morgan fingerprint density at radius 3 is 2.90 bits per heavy atom. The Hall–Kier alpha value is -1.49. The summed E-state index contributed by atoms with van der Waals surface area (Å²) in [5.74, 6) is -0.440. The van der Waals surface area contributed by atoms with E-state index in [1.165, 1.54) is 17.4 Å². The minimum Gasteiger partial charge on any atom is -0.316 e. The fraction of sp³-hybridized carbons (Fsp3) is 0.500. The zero-order valence-electron chi connectivity index (χ0n) is 11.8. The first-order chi connectivity index (χ1) is 9.95. The highest BCUT2D eigenvalue weighted by atomic mass is 32.2. The summed E-state index contributed by atoms with van der Waals surface area (Å²) in [5, 5.41) is 12.0. The quantitative estimate of drug-likeness (QED) is 0.910. The summed E-state index contributed by atoms with van der Waals surface area (Å²) >= 11 is 0. The van der Waals surface area contributed by atoms with Gasteiger partial charge in [-0.05, 0) is 50.0 Å². The second-order valence-electron chi connectivity index (χ2n) is 5.25. The molecule has 21 heavy (non-hydrogen) atoms. The number of nitrogens with one attached hydrogen (secondary N) is 1. The van der Waals surface area contributed by atoms with Crippen LogP contribution in [0.5, 0.6) is 0 Å². The lowest BCUT2D eigenvalue weighted by molar-refractivity contribution is 0.315. The second kappa shape index (κ2) is 6.52. The predicted octanol–water partition coefficient (Wildman–Crippen LogP) is 1.32. The van der Waals surface area contributed by atoms with Crippen molar-refractivity contribution in [3.63, 3.8) is 0 Å². The van der Waals surface area contributed by atoms with E-state index in [1.54, 1.807) is 6.07 Å². The van der Waals surface area contributed by atoms with Crippen LogP contribution in [0.4, 0.5) is 4.39 Å². The number of sulfonamides is 1. The highest BCUT2D eigenvalue weighted by Crippen LogP contribution is 2.20. The molecule has 1 aliphatic rings. The Kier molecular flexibility index (Phi) is 4.93. The Labute approximate surface area is 124 Å². The molecule has 1 aliphatic heterocycles. The fourth-order valence-corrected chi connectivity index (χ4v) is 3.75. The summed E-state index contributed by atoms with van der Waals surface area (Å²) in [6, 6.07) is 4.95. The molecule has 1 N–H and O–H groups in total. The highest BCUT2D eigenvalue weighted by molar-refractivity contribution is 7.89. The third-order valence-corrected chi connectivity index (χ3v) is 5.50. The van der Waals surface area contributed by atoms with Crippen LogP contribution in [0, 0.1) is 23.1 Å². The van der Waals surface area contributed by atoms with Gasteiger partial charge in [0, 0.05) is 13.6 Å². The maximum absolute atomic E-state index is 13.3. The zero-order valence-corrected chi connectivity index (χ0v) is 12.7. The van der Waals surface area contributed by atoms with E-state index >= 15 is 0 Å². The van der Waals surface area contributed by atoms with Crippen LogP contribution in [0.2, 0.25) is 0 Å². The first-order valence-corrected chi connectivity index (χ1v) is 8.26. The summed E-state index contributed by atoms with van der Waals surface area (Å²) in [5.41, 5.74) is -0.260. The fourth-order valence-electron chi connectivity index (χ4n) is 2.47. The zero-order chi connectivity index (χ0) is 15.5. The molecular weight excluding hydrogens is 293 g/mol. The summed E-state index contributed by atoms with van der Waals surface area (Å²) in [6.07, 6.45) is 2.02. The molecule has 0 spiro atoms. The van der Waals surface area contributed by atoms with Crippen LogP contribution in [0.15, 0.2) is 23.1 Å². The first kappa shape index (κ1) is 15.9. The molecule has 1 fully saturated rings. The molecule has 7 heteroatoms. The van der Waals surface area contributed by atoms with E-state index in [4.69, 9.17) is 5.26 Å². The van der Waals surface area contributed by atoms with Gasteiger partial charge in [0.1, 0.15) is 11.9 Å². The molecule has 0 aliphatic carbocycles. The molecule has 1 aromatic carbocycles. The highest BCUT2D eigenvalue weighted by Gasteiger charge is 2.25. The van der Waals surface area contributed by atoms with Gasteiger partial charge in [-0.3, -0.25) is 0 Å². The summed E-state index contributed by atoms with van der Waals surface area (Å²) < 4.78 is 39.5. The van der Waals surface area contributed by atoms with Gasteiger partial charge in [-0.15, -0.1) is 0 Å². The van der Waals surface area contributed by atoms with Gasteiger partial charge in [0.05, 0.1) is 10.5 Å².